The van der Waals surface area contributed by atoms with Crippen LogP contribution in [0.5, 0.6) is 0 Å². The van der Waals surface area contributed by atoms with Crippen molar-refractivity contribution in [2.75, 3.05) is 20.1 Å². The molecule has 2 N–H and O–H groups in total. The van der Waals surface area contributed by atoms with Crippen molar-refractivity contribution in [2.45, 2.75) is 38.8 Å². The van der Waals surface area contributed by atoms with Gasteiger partial charge in [0.15, 0.2) is 5.96 Å². The zero-order chi connectivity index (χ0) is 16.1. The second-order valence-corrected chi connectivity index (χ2v) is 6.49. The lowest BCUT2D eigenvalue weighted by atomic mass is 10.1. The normalized spacial score (nSPS) is 17.6. The molecule has 1 aliphatic heterocycles. The van der Waals surface area contributed by atoms with Gasteiger partial charge in [-0.05, 0) is 36.3 Å². The lowest BCUT2D eigenvalue weighted by Gasteiger charge is -2.16. The van der Waals surface area contributed by atoms with Crippen molar-refractivity contribution < 1.29 is 4.79 Å². The molecule has 1 heterocycles. The fourth-order valence-electron chi connectivity index (χ4n) is 2.90. The summed E-state index contributed by atoms with van der Waals surface area (Å²) in [5.74, 6) is 1.96. The predicted octanol–water partition coefficient (Wildman–Crippen LogP) is 2.50. The molecule has 0 radical (unpaired) electrons. The largest absolute Gasteiger partial charge is 0.356 e. The second-order valence-electron chi connectivity index (χ2n) is 6.49. The van der Waals surface area contributed by atoms with Crippen LogP contribution in [0.4, 0.5) is 0 Å². The Kier molecular flexibility index (Phi) is 7.33. The van der Waals surface area contributed by atoms with Gasteiger partial charge in [0, 0.05) is 39.6 Å². The van der Waals surface area contributed by atoms with Crippen LogP contribution in [-0.2, 0) is 17.9 Å². The monoisotopic (exact) mass is 442 g/mol. The lowest BCUT2D eigenvalue weighted by molar-refractivity contribution is -0.128. The molecule has 1 aromatic carbocycles. The van der Waals surface area contributed by atoms with Gasteiger partial charge in [0.2, 0.25) is 5.91 Å². The topological polar surface area (TPSA) is 56.7 Å². The Bertz CT molecular complexity index is 586. The lowest BCUT2D eigenvalue weighted by Crippen LogP contribution is -2.37. The number of aliphatic imine (C=N–C) groups is 1. The number of hydrogen-bond donors (Lipinski definition) is 2. The van der Waals surface area contributed by atoms with Gasteiger partial charge in [0.1, 0.15) is 0 Å². The summed E-state index contributed by atoms with van der Waals surface area (Å²) < 4.78 is 0. The maximum atomic E-state index is 11.7. The van der Waals surface area contributed by atoms with Crippen molar-refractivity contribution in [1.82, 2.24) is 15.5 Å². The molecule has 0 unspecified atom stereocenters. The van der Waals surface area contributed by atoms with Crippen LogP contribution >= 0.6 is 24.0 Å². The third-order valence-electron chi connectivity index (χ3n) is 4.47. The van der Waals surface area contributed by atoms with Gasteiger partial charge in [-0.1, -0.05) is 24.3 Å². The van der Waals surface area contributed by atoms with Gasteiger partial charge >= 0.3 is 0 Å². The Hall–Kier alpha value is -1.31. The quantitative estimate of drug-likeness (QED) is 0.405. The highest BCUT2D eigenvalue weighted by atomic mass is 127. The van der Waals surface area contributed by atoms with Crippen molar-refractivity contribution in [3.05, 3.63) is 35.4 Å². The van der Waals surface area contributed by atoms with Crippen LogP contribution in [0, 0.1) is 5.92 Å². The maximum absolute atomic E-state index is 11.7. The second kappa shape index (κ2) is 9.25. The Labute approximate surface area is 161 Å². The number of likely N-dealkylation sites (tertiary alicyclic amines) is 1. The van der Waals surface area contributed by atoms with Gasteiger partial charge in [0.25, 0.3) is 0 Å². The average molecular weight is 442 g/mol. The molecule has 132 valence electrons. The summed E-state index contributed by atoms with van der Waals surface area (Å²) in [5.41, 5.74) is 2.41. The Morgan fingerprint density at radius 2 is 2.08 bits per heavy atom. The zero-order valence-electron chi connectivity index (χ0n) is 14.3. The molecule has 1 saturated heterocycles. The summed E-state index contributed by atoms with van der Waals surface area (Å²) in [7, 11) is 1.80. The summed E-state index contributed by atoms with van der Waals surface area (Å²) in [5, 5.41) is 6.72. The molecule has 0 atom stereocenters. The third-order valence-corrected chi connectivity index (χ3v) is 4.47. The number of nitrogens with one attached hydrogen (secondary N) is 2. The van der Waals surface area contributed by atoms with Crippen LogP contribution < -0.4 is 10.6 Å². The molecule has 5 nitrogen and oxygen atoms in total. The average Bonchev–Trinajstić information content (AvgIpc) is 3.31. The Morgan fingerprint density at radius 1 is 1.29 bits per heavy atom. The van der Waals surface area contributed by atoms with Crippen molar-refractivity contribution in [1.29, 1.82) is 0 Å². The molecule has 0 spiro atoms. The Balaban J connectivity index is 0.00000208. The van der Waals surface area contributed by atoms with Crippen molar-refractivity contribution in [3.8, 4) is 0 Å². The van der Waals surface area contributed by atoms with E-state index >= 15 is 0 Å². The molecule has 1 saturated carbocycles. The number of rotatable bonds is 6. The van der Waals surface area contributed by atoms with Crippen LogP contribution in [0.25, 0.3) is 0 Å². The van der Waals surface area contributed by atoms with E-state index in [2.05, 4.69) is 39.9 Å². The number of carbonyl (C=O) groups excluding carboxylic acids is 1. The van der Waals surface area contributed by atoms with Crippen LogP contribution in [0.3, 0.4) is 0 Å². The minimum absolute atomic E-state index is 0. The van der Waals surface area contributed by atoms with Gasteiger partial charge in [-0.25, -0.2) is 0 Å². The van der Waals surface area contributed by atoms with Crippen LogP contribution in [0.1, 0.15) is 36.8 Å². The van der Waals surface area contributed by atoms with Crippen LogP contribution in [-0.4, -0.2) is 36.9 Å². The minimum atomic E-state index is 0. The highest BCUT2D eigenvalue weighted by Gasteiger charge is 2.21. The standard InChI is InChI=1S/C18H26N4O.HI/c1-19-18(20-11-14-7-8-14)21-12-15-4-2-5-16(10-15)13-22-9-3-6-17(22)23;/h2,4-5,10,14H,3,6-9,11-13H2,1H3,(H2,19,20,21);1H. The van der Waals surface area contributed by atoms with E-state index in [1.54, 1.807) is 7.05 Å². The van der Waals surface area contributed by atoms with E-state index in [1.165, 1.54) is 24.0 Å². The van der Waals surface area contributed by atoms with E-state index in [9.17, 15) is 4.79 Å². The first-order valence-electron chi connectivity index (χ1n) is 8.54. The van der Waals surface area contributed by atoms with Crippen molar-refractivity contribution in [3.63, 3.8) is 0 Å². The van der Waals surface area contributed by atoms with Gasteiger partial charge < -0.3 is 15.5 Å². The number of nitrogens with zero attached hydrogens (tertiary/aromatic N) is 2. The summed E-state index contributed by atoms with van der Waals surface area (Å²) in [6.07, 6.45) is 4.36. The number of amides is 1. The number of benzene rings is 1. The van der Waals surface area contributed by atoms with E-state index in [4.69, 9.17) is 0 Å². The third kappa shape index (κ3) is 5.65. The molecule has 24 heavy (non-hydrogen) atoms. The van der Waals surface area contributed by atoms with Crippen LogP contribution in [0.15, 0.2) is 29.3 Å². The van der Waals surface area contributed by atoms with Gasteiger partial charge in [0.05, 0.1) is 0 Å². The number of carbonyl (C=O) groups is 1. The molecule has 1 amide bonds. The van der Waals surface area contributed by atoms with E-state index in [0.29, 0.717) is 6.42 Å². The molecular weight excluding hydrogens is 415 g/mol. The SMILES string of the molecule is CN=C(NCc1cccc(CN2CCCC2=O)c1)NCC1CC1.I. The fraction of sp³-hybridized carbons (Fsp3) is 0.556. The smallest absolute Gasteiger partial charge is 0.222 e. The molecule has 3 rings (SSSR count). The first-order valence-corrected chi connectivity index (χ1v) is 8.54. The predicted molar refractivity (Wildman–Crippen MR) is 107 cm³/mol. The number of hydrogen-bond acceptors (Lipinski definition) is 2. The molecular formula is C18H27IN4O. The van der Waals surface area contributed by atoms with E-state index < -0.39 is 0 Å². The Morgan fingerprint density at radius 3 is 2.75 bits per heavy atom. The van der Waals surface area contributed by atoms with Crippen molar-refractivity contribution >= 4 is 35.8 Å². The summed E-state index contributed by atoms with van der Waals surface area (Å²) >= 11 is 0. The molecule has 0 bridgehead atoms. The molecule has 2 aliphatic rings. The zero-order valence-corrected chi connectivity index (χ0v) is 16.6. The molecule has 2 fully saturated rings. The number of halogens is 1. The van der Waals surface area contributed by atoms with Gasteiger partial charge in [-0.2, -0.15) is 0 Å². The summed E-state index contributed by atoms with van der Waals surface area (Å²) in [6.45, 7) is 3.36. The molecule has 1 aromatic rings. The van der Waals surface area contributed by atoms with Crippen LogP contribution in [0.2, 0.25) is 0 Å². The molecule has 1 aliphatic carbocycles. The first kappa shape index (κ1) is 19.0. The van der Waals surface area contributed by atoms with E-state index in [0.717, 1.165) is 44.5 Å². The molecule has 6 heteroatoms. The van der Waals surface area contributed by atoms with Crippen molar-refractivity contribution in [2.24, 2.45) is 10.9 Å². The summed E-state index contributed by atoms with van der Waals surface area (Å²) in [4.78, 5) is 17.9. The highest BCUT2D eigenvalue weighted by Crippen LogP contribution is 2.27. The fourth-order valence-corrected chi connectivity index (χ4v) is 2.90. The molecule has 0 aromatic heterocycles. The highest BCUT2D eigenvalue weighted by molar-refractivity contribution is 14.0. The maximum Gasteiger partial charge on any atom is 0.222 e. The van der Waals surface area contributed by atoms with Gasteiger partial charge in [-0.15, -0.1) is 24.0 Å². The van der Waals surface area contributed by atoms with E-state index in [-0.39, 0.29) is 29.9 Å². The minimum Gasteiger partial charge on any atom is -0.356 e. The van der Waals surface area contributed by atoms with E-state index in [1.807, 2.05) is 4.90 Å². The van der Waals surface area contributed by atoms with Gasteiger partial charge in [-0.3, -0.25) is 9.79 Å². The first-order chi connectivity index (χ1) is 11.2. The summed E-state index contributed by atoms with van der Waals surface area (Å²) in [6, 6.07) is 8.44. The number of guanidine groups is 1.